The fourth-order valence-electron chi connectivity index (χ4n) is 1.28. The van der Waals surface area contributed by atoms with E-state index in [1.54, 1.807) is 22.9 Å². The van der Waals surface area contributed by atoms with Crippen molar-refractivity contribution in [3.8, 4) is 0 Å². The van der Waals surface area contributed by atoms with E-state index in [2.05, 4.69) is 0 Å². The Bertz CT molecular complexity index is 360. The van der Waals surface area contributed by atoms with Gasteiger partial charge in [0.25, 0.3) is 0 Å². The van der Waals surface area contributed by atoms with Crippen LogP contribution < -0.4 is 0 Å². The first kappa shape index (κ1) is 13.2. The van der Waals surface area contributed by atoms with Crippen molar-refractivity contribution in [2.24, 2.45) is 0 Å². The molecule has 0 bridgehead atoms. The van der Waals surface area contributed by atoms with Gasteiger partial charge in [-0.2, -0.15) is 0 Å². The Morgan fingerprint density at radius 3 is 2.50 bits per heavy atom. The van der Waals surface area contributed by atoms with E-state index >= 15 is 0 Å². The summed E-state index contributed by atoms with van der Waals surface area (Å²) >= 11 is 1.55. The van der Waals surface area contributed by atoms with Crippen LogP contribution in [0.1, 0.15) is 26.5 Å². The molecule has 0 saturated carbocycles. The maximum Gasteiger partial charge on any atom is 0.235 e. The van der Waals surface area contributed by atoms with Gasteiger partial charge in [0, 0.05) is 18.0 Å². The molecule has 4 heteroatoms. The predicted molar refractivity (Wildman–Crippen MR) is 66.7 cm³/mol. The van der Waals surface area contributed by atoms with E-state index in [-0.39, 0.29) is 17.2 Å². The van der Waals surface area contributed by atoms with Crippen molar-refractivity contribution in [1.29, 1.82) is 0 Å². The zero-order valence-corrected chi connectivity index (χ0v) is 11.3. The lowest BCUT2D eigenvalue weighted by molar-refractivity contribution is -0.130. The molecule has 0 aliphatic carbocycles. The summed E-state index contributed by atoms with van der Waals surface area (Å²) in [7, 11) is 1.84. The summed E-state index contributed by atoms with van der Waals surface area (Å²) in [6.45, 7) is 7.86. The third-order valence-electron chi connectivity index (χ3n) is 2.58. The summed E-state index contributed by atoms with van der Waals surface area (Å²) in [6, 6.07) is 2.14. The Morgan fingerprint density at radius 2 is 2.06 bits per heavy atom. The first-order valence-electron chi connectivity index (χ1n) is 5.41. The SMILES string of the molecule is Cc1occc1S[C@H](C)C(=O)N(C)C(C)C. The van der Waals surface area contributed by atoms with Crippen molar-refractivity contribution in [1.82, 2.24) is 4.90 Å². The van der Waals surface area contributed by atoms with E-state index in [1.807, 2.05) is 40.8 Å². The molecule has 1 heterocycles. The monoisotopic (exact) mass is 241 g/mol. The van der Waals surface area contributed by atoms with Crippen LogP contribution in [0.3, 0.4) is 0 Å². The maximum atomic E-state index is 12.0. The number of hydrogen-bond donors (Lipinski definition) is 0. The van der Waals surface area contributed by atoms with Crippen molar-refractivity contribution in [3.63, 3.8) is 0 Å². The van der Waals surface area contributed by atoms with E-state index in [0.29, 0.717) is 0 Å². The molecule has 0 aliphatic heterocycles. The minimum atomic E-state index is -0.0799. The zero-order chi connectivity index (χ0) is 12.3. The summed E-state index contributed by atoms with van der Waals surface area (Å²) in [4.78, 5) is 14.8. The van der Waals surface area contributed by atoms with Gasteiger partial charge >= 0.3 is 0 Å². The highest BCUT2D eigenvalue weighted by molar-refractivity contribution is 8.00. The van der Waals surface area contributed by atoms with E-state index in [4.69, 9.17) is 4.42 Å². The van der Waals surface area contributed by atoms with Crippen LogP contribution in [0.15, 0.2) is 21.6 Å². The number of furan rings is 1. The first-order chi connectivity index (χ1) is 7.43. The molecule has 1 rings (SSSR count). The van der Waals surface area contributed by atoms with Gasteiger partial charge in [0.1, 0.15) is 5.76 Å². The van der Waals surface area contributed by atoms with Gasteiger partial charge in [-0.15, -0.1) is 11.8 Å². The van der Waals surface area contributed by atoms with E-state index in [1.165, 1.54) is 0 Å². The molecule has 0 fully saturated rings. The molecule has 16 heavy (non-hydrogen) atoms. The topological polar surface area (TPSA) is 33.5 Å². The molecule has 90 valence electrons. The Labute approximate surface area is 101 Å². The van der Waals surface area contributed by atoms with Crippen LogP contribution in [0.4, 0.5) is 0 Å². The molecule has 0 saturated heterocycles. The second-order valence-electron chi connectivity index (χ2n) is 4.14. The number of carbonyl (C=O) groups is 1. The van der Waals surface area contributed by atoms with Gasteiger partial charge < -0.3 is 9.32 Å². The maximum absolute atomic E-state index is 12.0. The Kier molecular flexibility index (Phi) is 4.47. The molecule has 0 N–H and O–H groups in total. The van der Waals surface area contributed by atoms with Gasteiger partial charge in [0.05, 0.1) is 11.5 Å². The zero-order valence-electron chi connectivity index (χ0n) is 10.5. The van der Waals surface area contributed by atoms with Gasteiger partial charge in [0.15, 0.2) is 0 Å². The smallest absolute Gasteiger partial charge is 0.235 e. The van der Waals surface area contributed by atoms with Gasteiger partial charge in [0.2, 0.25) is 5.91 Å². The number of hydrogen-bond acceptors (Lipinski definition) is 3. The van der Waals surface area contributed by atoms with E-state index < -0.39 is 0 Å². The minimum Gasteiger partial charge on any atom is -0.468 e. The van der Waals surface area contributed by atoms with Crippen LogP contribution in [0, 0.1) is 6.92 Å². The fourth-order valence-corrected chi connectivity index (χ4v) is 2.27. The molecule has 0 unspecified atom stereocenters. The van der Waals surface area contributed by atoms with Crippen LogP contribution in [0.2, 0.25) is 0 Å². The van der Waals surface area contributed by atoms with E-state index in [9.17, 15) is 4.79 Å². The third kappa shape index (κ3) is 3.04. The van der Waals surface area contributed by atoms with Crippen molar-refractivity contribution in [2.45, 2.75) is 43.9 Å². The molecular formula is C12H19NO2S. The predicted octanol–water partition coefficient (Wildman–Crippen LogP) is 2.94. The van der Waals surface area contributed by atoms with Crippen molar-refractivity contribution >= 4 is 17.7 Å². The van der Waals surface area contributed by atoms with Crippen LogP contribution in [0.25, 0.3) is 0 Å². The third-order valence-corrected chi connectivity index (χ3v) is 3.82. The quantitative estimate of drug-likeness (QED) is 0.760. The fraction of sp³-hybridized carbons (Fsp3) is 0.583. The second-order valence-corrected chi connectivity index (χ2v) is 5.53. The number of amides is 1. The summed E-state index contributed by atoms with van der Waals surface area (Å²) in [6.07, 6.45) is 1.65. The van der Waals surface area contributed by atoms with E-state index in [0.717, 1.165) is 10.7 Å². The van der Waals surface area contributed by atoms with Crippen LogP contribution >= 0.6 is 11.8 Å². The first-order valence-corrected chi connectivity index (χ1v) is 6.29. The molecule has 0 spiro atoms. The van der Waals surface area contributed by atoms with Gasteiger partial charge in [-0.3, -0.25) is 4.79 Å². The van der Waals surface area contributed by atoms with Gasteiger partial charge in [-0.25, -0.2) is 0 Å². The summed E-state index contributed by atoms with van der Waals surface area (Å²) in [5, 5.41) is -0.0799. The highest BCUT2D eigenvalue weighted by Crippen LogP contribution is 2.28. The largest absolute Gasteiger partial charge is 0.468 e. The van der Waals surface area contributed by atoms with Crippen molar-refractivity contribution < 1.29 is 9.21 Å². The van der Waals surface area contributed by atoms with Crippen LogP contribution in [-0.4, -0.2) is 29.1 Å². The molecular weight excluding hydrogens is 222 g/mol. The summed E-state index contributed by atoms with van der Waals surface area (Å²) in [5.74, 6) is 1.03. The second kappa shape index (κ2) is 5.43. The number of aryl methyl sites for hydroxylation is 1. The highest BCUT2D eigenvalue weighted by atomic mass is 32.2. The normalized spacial score (nSPS) is 12.9. The molecule has 0 radical (unpaired) electrons. The molecule has 1 aromatic heterocycles. The Hall–Kier alpha value is -0.900. The lowest BCUT2D eigenvalue weighted by Crippen LogP contribution is -2.38. The minimum absolute atomic E-state index is 0.0799. The average Bonchev–Trinajstić information content (AvgIpc) is 2.62. The summed E-state index contributed by atoms with van der Waals surface area (Å²) in [5.41, 5.74) is 0. The van der Waals surface area contributed by atoms with Gasteiger partial charge in [-0.05, 0) is 33.8 Å². The molecule has 0 aromatic carbocycles. The number of nitrogens with zero attached hydrogens (tertiary/aromatic N) is 1. The van der Waals surface area contributed by atoms with Crippen LogP contribution in [-0.2, 0) is 4.79 Å². The number of thioether (sulfide) groups is 1. The van der Waals surface area contributed by atoms with Gasteiger partial charge in [-0.1, -0.05) is 0 Å². The highest BCUT2D eigenvalue weighted by Gasteiger charge is 2.21. The van der Waals surface area contributed by atoms with Crippen molar-refractivity contribution in [2.75, 3.05) is 7.05 Å². The molecule has 3 nitrogen and oxygen atoms in total. The number of rotatable bonds is 4. The van der Waals surface area contributed by atoms with Crippen molar-refractivity contribution in [3.05, 3.63) is 18.1 Å². The molecule has 1 atom stereocenters. The lowest BCUT2D eigenvalue weighted by atomic mass is 10.3. The summed E-state index contributed by atoms with van der Waals surface area (Å²) < 4.78 is 5.21. The Morgan fingerprint density at radius 1 is 1.44 bits per heavy atom. The number of carbonyl (C=O) groups excluding carboxylic acids is 1. The van der Waals surface area contributed by atoms with Crippen LogP contribution in [0.5, 0.6) is 0 Å². The Balaban J connectivity index is 2.62. The lowest BCUT2D eigenvalue weighted by Gasteiger charge is -2.24. The standard InChI is InChI=1S/C12H19NO2S/c1-8(2)13(5)12(14)10(4)16-11-6-7-15-9(11)3/h6-8,10H,1-5H3/t10-/m1/s1. The molecule has 0 aliphatic rings. The average molecular weight is 241 g/mol. The molecule has 1 aromatic rings. The molecule has 1 amide bonds.